The van der Waals surface area contributed by atoms with Crippen molar-refractivity contribution in [1.29, 1.82) is 0 Å². The number of halogens is 1. The second kappa shape index (κ2) is 6.70. The molecule has 5 nitrogen and oxygen atoms in total. The van der Waals surface area contributed by atoms with Crippen LogP contribution in [-0.4, -0.2) is 32.0 Å². The van der Waals surface area contributed by atoms with Crippen LogP contribution in [0.5, 0.6) is 0 Å². The first-order chi connectivity index (χ1) is 9.26. The minimum absolute atomic E-state index is 0.577. The second-order valence-corrected chi connectivity index (χ2v) is 5.11. The van der Waals surface area contributed by atoms with Gasteiger partial charge in [-0.2, -0.15) is 0 Å². The molecule has 0 aliphatic carbocycles. The zero-order valence-electron chi connectivity index (χ0n) is 11.4. The van der Waals surface area contributed by atoms with Gasteiger partial charge in [-0.3, -0.25) is 4.40 Å². The first-order valence-corrected chi connectivity index (χ1v) is 7.25. The summed E-state index contributed by atoms with van der Waals surface area (Å²) in [5, 5.41) is 11.6. The number of aryl methyl sites for hydroxylation is 1. The van der Waals surface area contributed by atoms with E-state index in [9.17, 15) is 0 Å². The van der Waals surface area contributed by atoms with Gasteiger partial charge < -0.3 is 5.32 Å². The molecule has 1 atom stereocenters. The quantitative estimate of drug-likeness (QED) is 0.793. The van der Waals surface area contributed by atoms with E-state index in [-0.39, 0.29) is 0 Å². The molecule has 2 rings (SSSR count). The minimum atomic E-state index is 0.577. The number of anilines is 1. The summed E-state index contributed by atoms with van der Waals surface area (Å²) < 4.78 is 1.94. The molecule has 0 fully saturated rings. The predicted octanol–water partition coefficient (Wildman–Crippen LogP) is 2.89. The number of nitrogens with zero attached hydrogens (tertiary/aromatic N) is 4. The van der Waals surface area contributed by atoms with Gasteiger partial charge >= 0.3 is 0 Å². The highest BCUT2D eigenvalue weighted by Crippen LogP contribution is 2.16. The molecule has 0 radical (unpaired) electrons. The van der Waals surface area contributed by atoms with E-state index in [1.807, 2.05) is 17.5 Å². The third kappa shape index (κ3) is 3.35. The lowest BCUT2D eigenvalue weighted by Gasteiger charge is -2.16. The Morgan fingerprint density at radius 2 is 2.21 bits per heavy atom. The third-order valence-corrected chi connectivity index (χ3v) is 3.49. The highest BCUT2D eigenvalue weighted by molar-refractivity contribution is 6.17. The van der Waals surface area contributed by atoms with Crippen LogP contribution in [0.3, 0.4) is 0 Å². The van der Waals surface area contributed by atoms with Crippen LogP contribution in [0.4, 0.5) is 5.82 Å². The average molecular weight is 282 g/mol. The molecule has 0 aliphatic rings. The van der Waals surface area contributed by atoms with Gasteiger partial charge in [-0.15, -0.1) is 21.8 Å². The molecule has 0 aliphatic heterocycles. The van der Waals surface area contributed by atoms with Gasteiger partial charge in [0.2, 0.25) is 5.65 Å². The lowest BCUT2D eigenvalue weighted by Crippen LogP contribution is -2.16. The molecule has 2 heterocycles. The highest BCUT2D eigenvalue weighted by atomic mass is 35.5. The van der Waals surface area contributed by atoms with Crippen molar-refractivity contribution >= 4 is 23.1 Å². The highest BCUT2D eigenvalue weighted by Gasteiger charge is 2.11. The van der Waals surface area contributed by atoms with Gasteiger partial charge in [-0.25, -0.2) is 4.98 Å². The van der Waals surface area contributed by atoms with Crippen molar-refractivity contribution in [2.75, 3.05) is 17.7 Å². The van der Waals surface area contributed by atoms with E-state index >= 15 is 0 Å². The maximum Gasteiger partial charge on any atom is 0.203 e. The molecule has 0 spiro atoms. The summed E-state index contributed by atoms with van der Waals surface area (Å²) in [5.41, 5.74) is 0.779. The van der Waals surface area contributed by atoms with Crippen molar-refractivity contribution in [2.24, 2.45) is 5.92 Å². The van der Waals surface area contributed by atoms with E-state index in [4.69, 9.17) is 11.6 Å². The van der Waals surface area contributed by atoms with E-state index in [1.54, 1.807) is 6.20 Å². The summed E-state index contributed by atoms with van der Waals surface area (Å²) in [7, 11) is 0. The van der Waals surface area contributed by atoms with Crippen LogP contribution in [0.15, 0.2) is 12.4 Å². The fourth-order valence-corrected chi connectivity index (χ4v) is 2.53. The van der Waals surface area contributed by atoms with E-state index in [0.29, 0.717) is 11.8 Å². The van der Waals surface area contributed by atoms with Crippen molar-refractivity contribution in [3.05, 3.63) is 18.2 Å². The van der Waals surface area contributed by atoms with Crippen molar-refractivity contribution in [1.82, 2.24) is 19.6 Å². The third-order valence-electron chi connectivity index (χ3n) is 3.27. The molecule has 6 heteroatoms. The van der Waals surface area contributed by atoms with Gasteiger partial charge in [0, 0.05) is 24.8 Å². The Morgan fingerprint density at radius 3 is 2.95 bits per heavy atom. The largest absolute Gasteiger partial charge is 0.367 e. The van der Waals surface area contributed by atoms with Gasteiger partial charge in [0.15, 0.2) is 5.82 Å². The molecular weight excluding hydrogens is 262 g/mol. The molecule has 104 valence electrons. The lowest BCUT2D eigenvalue weighted by atomic mass is 10.0. The Bertz CT molecular complexity index is 519. The van der Waals surface area contributed by atoms with Crippen molar-refractivity contribution < 1.29 is 0 Å². The minimum Gasteiger partial charge on any atom is -0.367 e. The Balaban J connectivity index is 2.08. The average Bonchev–Trinajstić information content (AvgIpc) is 2.79. The first-order valence-electron chi connectivity index (χ1n) is 6.72. The Labute approximate surface area is 118 Å². The van der Waals surface area contributed by atoms with E-state index < -0.39 is 0 Å². The number of fused-ring (bicyclic) bond motifs is 1. The Morgan fingerprint density at radius 1 is 1.37 bits per heavy atom. The molecular formula is C13H20ClN5. The van der Waals surface area contributed by atoms with E-state index in [2.05, 4.69) is 27.4 Å². The predicted molar refractivity (Wildman–Crippen MR) is 77.7 cm³/mol. The molecule has 0 saturated carbocycles. The van der Waals surface area contributed by atoms with Crippen LogP contribution < -0.4 is 5.32 Å². The van der Waals surface area contributed by atoms with Crippen LogP contribution in [0.2, 0.25) is 0 Å². The van der Waals surface area contributed by atoms with E-state index in [0.717, 1.165) is 30.3 Å². The standard InChI is InChI=1S/C13H20ClN5/c1-3-4-11(5-6-14)9-16-12-13-18-17-10(2)19(13)8-7-15-12/h7-8,11H,3-6,9H2,1-2H3,(H,15,16). The number of nitrogens with one attached hydrogen (secondary N) is 1. The molecule has 0 saturated heterocycles. The van der Waals surface area contributed by atoms with Gasteiger partial charge in [-0.05, 0) is 25.7 Å². The van der Waals surface area contributed by atoms with Crippen LogP contribution >= 0.6 is 11.6 Å². The fourth-order valence-electron chi connectivity index (χ4n) is 2.22. The van der Waals surface area contributed by atoms with E-state index in [1.165, 1.54) is 12.8 Å². The summed E-state index contributed by atoms with van der Waals surface area (Å²) in [6, 6.07) is 0. The number of aromatic nitrogens is 4. The summed E-state index contributed by atoms with van der Waals surface area (Å²) in [6.45, 7) is 5.00. The van der Waals surface area contributed by atoms with Gasteiger partial charge in [-0.1, -0.05) is 13.3 Å². The summed E-state index contributed by atoms with van der Waals surface area (Å²) in [6.07, 6.45) is 7.01. The molecule has 2 aromatic heterocycles. The maximum atomic E-state index is 5.84. The number of hydrogen-bond donors (Lipinski definition) is 1. The summed E-state index contributed by atoms with van der Waals surface area (Å²) in [5.74, 6) is 2.94. The fraction of sp³-hybridized carbons (Fsp3) is 0.615. The Kier molecular flexibility index (Phi) is 4.96. The lowest BCUT2D eigenvalue weighted by molar-refractivity contribution is 0.490. The SMILES string of the molecule is CCCC(CCCl)CNc1nccn2c(C)nnc12. The molecule has 1 N–H and O–H groups in total. The number of rotatable bonds is 7. The van der Waals surface area contributed by atoms with Gasteiger partial charge in [0.05, 0.1) is 0 Å². The first kappa shape index (κ1) is 14.1. The topological polar surface area (TPSA) is 55.1 Å². The normalized spacial score (nSPS) is 12.8. The molecule has 2 aromatic rings. The van der Waals surface area contributed by atoms with Gasteiger partial charge in [0.1, 0.15) is 5.82 Å². The molecule has 0 bridgehead atoms. The van der Waals surface area contributed by atoms with Crippen LogP contribution in [0, 0.1) is 12.8 Å². The van der Waals surface area contributed by atoms with Crippen molar-refractivity contribution in [3.63, 3.8) is 0 Å². The second-order valence-electron chi connectivity index (χ2n) is 4.73. The summed E-state index contributed by atoms with van der Waals surface area (Å²) in [4.78, 5) is 4.34. The van der Waals surface area contributed by atoms with Crippen molar-refractivity contribution in [2.45, 2.75) is 33.1 Å². The van der Waals surface area contributed by atoms with Crippen molar-refractivity contribution in [3.8, 4) is 0 Å². The molecule has 19 heavy (non-hydrogen) atoms. The van der Waals surface area contributed by atoms with Crippen LogP contribution in [0.1, 0.15) is 32.0 Å². The molecule has 0 amide bonds. The monoisotopic (exact) mass is 281 g/mol. The number of hydrogen-bond acceptors (Lipinski definition) is 4. The zero-order chi connectivity index (χ0) is 13.7. The smallest absolute Gasteiger partial charge is 0.203 e. The molecule has 1 unspecified atom stereocenters. The van der Waals surface area contributed by atoms with Crippen LogP contribution in [0.25, 0.3) is 5.65 Å². The molecule has 0 aromatic carbocycles. The zero-order valence-corrected chi connectivity index (χ0v) is 12.2. The summed E-state index contributed by atoms with van der Waals surface area (Å²) >= 11 is 5.84. The van der Waals surface area contributed by atoms with Gasteiger partial charge in [0.25, 0.3) is 0 Å². The number of alkyl halides is 1. The maximum absolute atomic E-state index is 5.84. The van der Waals surface area contributed by atoms with Crippen LogP contribution in [-0.2, 0) is 0 Å². The Hall–Kier alpha value is -1.36.